The third-order valence-corrected chi connectivity index (χ3v) is 2.77. The molecule has 0 fully saturated rings. The van der Waals surface area contributed by atoms with Crippen molar-refractivity contribution in [2.75, 3.05) is 5.32 Å². The van der Waals surface area contributed by atoms with Crippen LogP contribution in [-0.2, 0) is 4.79 Å². The van der Waals surface area contributed by atoms with Crippen LogP contribution in [0.2, 0.25) is 0 Å². The van der Waals surface area contributed by atoms with Crippen LogP contribution in [0.15, 0.2) is 28.7 Å². The molecule has 2 heterocycles. The van der Waals surface area contributed by atoms with Crippen molar-refractivity contribution in [1.29, 1.82) is 0 Å². The number of H-pyrrole nitrogens is 1. The number of amides is 1. The Labute approximate surface area is 101 Å². The van der Waals surface area contributed by atoms with Crippen molar-refractivity contribution in [3.05, 3.63) is 39.9 Å². The molecular weight excluding hydrogens is 234 g/mol. The molecule has 1 aliphatic rings. The van der Waals surface area contributed by atoms with Gasteiger partial charge in [0.05, 0.1) is 11.1 Å². The SMILES string of the molecule is NNC(=O)C1=Cc2n[nH]c(=O)c3cccc(c23)N1. The first-order chi connectivity index (χ1) is 8.70. The number of rotatable bonds is 1. The first-order valence-corrected chi connectivity index (χ1v) is 5.22. The van der Waals surface area contributed by atoms with Gasteiger partial charge in [0.15, 0.2) is 0 Å². The van der Waals surface area contributed by atoms with Crippen LogP contribution in [0.4, 0.5) is 5.69 Å². The number of benzene rings is 1. The third kappa shape index (κ3) is 1.38. The predicted molar refractivity (Wildman–Crippen MR) is 66.3 cm³/mol. The van der Waals surface area contributed by atoms with E-state index in [1.165, 1.54) is 6.08 Å². The van der Waals surface area contributed by atoms with E-state index >= 15 is 0 Å². The van der Waals surface area contributed by atoms with E-state index in [4.69, 9.17) is 5.84 Å². The zero-order valence-electron chi connectivity index (χ0n) is 9.15. The van der Waals surface area contributed by atoms with Crippen LogP contribution in [0.1, 0.15) is 5.69 Å². The van der Waals surface area contributed by atoms with Crippen LogP contribution in [0, 0.1) is 0 Å². The van der Waals surface area contributed by atoms with Crippen LogP contribution in [0.5, 0.6) is 0 Å². The monoisotopic (exact) mass is 243 g/mol. The number of aromatic nitrogens is 2. The Morgan fingerprint density at radius 3 is 3.00 bits per heavy atom. The average Bonchev–Trinajstić information content (AvgIpc) is 2.41. The third-order valence-electron chi connectivity index (χ3n) is 2.77. The minimum Gasteiger partial charge on any atom is -0.350 e. The molecule has 18 heavy (non-hydrogen) atoms. The normalized spacial score (nSPS) is 12.8. The molecule has 7 heteroatoms. The molecule has 1 aliphatic heterocycles. The minimum atomic E-state index is -0.453. The number of hydrazine groups is 1. The number of hydrogen-bond donors (Lipinski definition) is 4. The number of nitrogens with two attached hydrogens (primary N) is 1. The van der Waals surface area contributed by atoms with Gasteiger partial charge in [-0.3, -0.25) is 15.0 Å². The van der Waals surface area contributed by atoms with E-state index in [-0.39, 0.29) is 11.3 Å². The first-order valence-electron chi connectivity index (χ1n) is 5.22. The molecule has 90 valence electrons. The summed E-state index contributed by atoms with van der Waals surface area (Å²) in [5.41, 5.74) is 3.23. The summed E-state index contributed by atoms with van der Waals surface area (Å²) in [6.07, 6.45) is 1.54. The van der Waals surface area contributed by atoms with E-state index in [0.717, 1.165) is 0 Å². The zero-order valence-corrected chi connectivity index (χ0v) is 9.15. The van der Waals surface area contributed by atoms with Gasteiger partial charge in [-0.05, 0) is 18.2 Å². The molecule has 1 aromatic heterocycles. The van der Waals surface area contributed by atoms with Gasteiger partial charge >= 0.3 is 0 Å². The van der Waals surface area contributed by atoms with Crippen LogP contribution >= 0.6 is 0 Å². The Morgan fingerprint density at radius 2 is 2.22 bits per heavy atom. The van der Waals surface area contributed by atoms with Crippen LogP contribution in [0.3, 0.4) is 0 Å². The maximum atomic E-state index is 11.6. The van der Waals surface area contributed by atoms with Gasteiger partial charge in [0.2, 0.25) is 0 Å². The van der Waals surface area contributed by atoms with Gasteiger partial charge in [0.25, 0.3) is 11.5 Å². The molecule has 3 rings (SSSR count). The first kappa shape index (κ1) is 10.5. The Balaban J connectivity index is 2.32. The second-order valence-corrected chi connectivity index (χ2v) is 3.82. The average molecular weight is 243 g/mol. The fraction of sp³-hybridized carbons (Fsp3) is 0. The summed E-state index contributed by atoms with van der Waals surface area (Å²) < 4.78 is 0. The second kappa shape index (κ2) is 3.67. The van der Waals surface area contributed by atoms with E-state index in [2.05, 4.69) is 15.5 Å². The molecule has 0 bridgehead atoms. The summed E-state index contributed by atoms with van der Waals surface area (Å²) in [5.74, 6) is 4.63. The lowest BCUT2D eigenvalue weighted by Crippen LogP contribution is -2.34. The topological polar surface area (TPSA) is 113 Å². The van der Waals surface area contributed by atoms with Gasteiger partial charge in [-0.1, -0.05) is 6.07 Å². The van der Waals surface area contributed by atoms with Gasteiger partial charge < -0.3 is 5.32 Å². The highest BCUT2D eigenvalue weighted by molar-refractivity contribution is 6.09. The van der Waals surface area contributed by atoms with Crippen molar-refractivity contribution in [2.45, 2.75) is 0 Å². The number of nitrogens with zero attached hydrogens (tertiary/aromatic N) is 1. The van der Waals surface area contributed by atoms with Gasteiger partial charge in [0.1, 0.15) is 5.70 Å². The highest BCUT2D eigenvalue weighted by Gasteiger charge is 2.19. The summed E-state index contributed by atoms with van der Waals surface area (Å²) >= 11 is 0. The summed E-state index contributed by atoms with van der Waals surface area (Å²) in [6.45, 7) is 0. The fourth-order valence-electron chi connectivity index (χ4n) is 1.97. The van der Waals surface area contributed by atoms with Crippen molar-refractivity contribution in [2.24, 2.45) is 5.84 Å². The van der Waals surface area contributed by atoms with E-state index < -0.39 is 5.91 Å². The zero-order chi connectivity index (χ0) is 12.7. The standard InChI is InChI=1S/C11H9N5O2/c12-14-11(18)8-4-7-9-5(10(17)16-15-7)2-1-3-6(9)13-8/h1-4,13H,12H2,(H,14,18)(H,16,17). The molecule has 1 aromatic carbocycles. The molecule has 7 nitrogen and oxygen atoms in total. The molecule has 0 atom stereocenters. The Morgan fingerprint density at radius 1 is 1.39 bits per heavy atom. The van der Waals surface area contributed by atoms with Crippen molar-refractivity contribution in [3.63, 3.8) is 0 Å². The number of nitrogens with one attached hydrogen (secondary N) is 3. The molecule has 1 amide bonds. The lowest BCUT2D eigenvalue weighted by Gasteiger charge is -2.17. The van der Waals surface area contributed by atoms with E-state index in [9.17, 15) is 9.59 Å². The molecule has 0 saturated heterocycles. The molecule has 0 radical (unpaired) electrons. The van der Waals surface area contributed by atoms with Crippen LogP contribution in [0.25, 0.3) is 16.8 Å². The Kier molecular flexibility index (Phi) is 2.14. The lowest BCUT2D eigenvalue weighted by atomic mass is 10.0. The predicted octanol–water partition coefficient (Wildman–Crippen LogP) is -0.321. The van der Waals surface area contributed by atoms with E-state index in [0.29, 0.717) is 22.2 Å². The maximum Gasteiger partial charge on any atom is 0.281 e. The lowest BCUT2D eigenvalue weighted by molar-refractivity contribution is -0.117. The van der Waals surface area contributed by atoms with Crippen molar-refractivity contribution in [3.8, 4) is 0 Å². The van der Waals surface area contributed by atoms with E-state index in [1.807, 2.05) is 5.43 Å². The van der Waals surface area contributed by atoms with Crippen LogP contribution in [-0.4, -0.2) is 16.1 Å². The molecule has 0 unspecified atom stereocenters. The highest BCUT2D eigenvalue weighted by atomic mass is 16.2. The van der Waals surface area contributed by atoms with Gasteiger partial charge in [-0.25, -0.2) is 10.9 Å². The molecule has 5 N–H and O–H groups in total. The number of carbonyl (C=O) groups is 1. The Bertz CT molecular complexity index is 747. The number of aromatic amines is 1. The van der Waals surface area contributed by atoms with E-state index in [1.54, 1.807) is 18.2 Å². The number of hydrogen-bond acceptors (Lipinski definition) is 5. The van der Waals surface area contributed by atoms with Crippen molar-refractivity contribution < 1.29 is 4.79 Å². The quantitative estimate of drug-likeness (QED) is 0.311. The maximum absolute atomic E-state index is 11.6. The number of anilines is 1. The summed E-state index contributed by atoms with van der Waals surface area (Å²) in [7, 11) is 0. The van der Waals surface area contributed by atoms with Crippen LogP contribution < -0.4 is 22.1 Å². The highest BCUT2D eigenvalue weighted by Crippen LogP contribution is 2.29. The van der Waals surface area contributed by atoms with Gasteiger partial charge in [-0.2, -0.15) is 5.10 Å². The molecule has 0 saturated carbocycles. The second-order valence-electron chi connectivity index (χ2n) is 3.82. The molecule has 2 aromatic rings. The summed E-state index contributed by atoms with van der Waals surface area (Å²) in [6, 6.07) is 5.20. The van der Waals surface area contributed by atoms with Gasteiger partial charge in [-0.15, -0.1) is 0 Å². The Hall–Kier alpha value is -2.67. The van der Waals surface area contributed by atoms with Crippen molar-refractivity contribution in [1.82, 2.24) is 15.6 Å². The smallest absolute Gasteiger partial charge is 0.281 e. The van der Waals surface area contributed by atoms with Gasteiger partial charge in [0, 0.05) is 11.1 Å². The largest absolute Gasteiger partial charge is 0.350 e. The molecular formula is C11H9N5O2. The molecule has 0 aliphatic carbocycles. The van der Waals surface area contributed by atoms with Crippen molar-refractivity contribution >= 4 is 28.4 Å². The minimum absolute atomic E-state index is 0.266. The number of carbonyl (C=O) groups excluding carboxylic acids is 1. The molecule has 0 spiro atoms. The summed E-state index contributed by atoms with van der Waals surface area (Å²) in [4.78, 5) is 23.1. The summed E-state index contributed by atoms with van der Waals surface area (Å²) in [5, 5.41) is 10.4. The fourth-order valence-corrected chi connectivity index (χ4v) is 1.97.